The Morgan fingerprint density at radius 1 is 1.44 bits per heavy atom. The van der Waals surface area contributed by atoms with E-state index in [0.29, 0.717) is 18.5 Å². The molecule has 0 unspecified atom stereocenters. The van der Waals surface area contributed by atoms with Gasteiger partial charge in [0.05, 0.1) is 6.42 Å². The lowest BCUT2D eigenvalue weighted by Crippen LogP contribution is -2.43. The number of carbonyl (C=O) groups excluding carboxylic acids is 1. The molecular weight excluding hydrogens is 244 g/mol. The summed E-state index contributed by atoms with van der Waals surface area (Å²) in [6.07, 6.45) is 5.15. The Bertz CT molecular complexity index is 369. The van der Waals surface area contributed by atoms with Crippen LogP contribution < -0.4 is 5.32 Å². The van der Waals surface area contributed by atoms with Gasteiger partial charge in [-0.3, -0.25) is 4.79 Å². The molecule has 1 aromatic heterocycles. The molecule has 0 saturated heterocycles. The van der Waals surface area contributed by atoms with E-state index in [1.165, 1.54) is 12.8 Å². The summed E-state index contributed by atoms with van der Waals surface area (Å²) in [6.45, 7) is 0. The Morgan fingerprint density at radius 2 is 2.17 bits per heavy atom. The standard InChI is InChI=1S/C14H22N2OS/c1-15-12-3-5-13(6-4-12)16(2)14(17)9-11-7-8-18-10-11/h7-8,10,12-13,15H,3-6,9H2,1-2H3. The van der Waals surface area contributed by atoms with E-state index in [0.717, 1.165) is 18.4 Å². The Morgan fingerprint density at radius 3 is 2.72 bits per heavy atom. The zero-order chi connectivity index (χ0) is 13.0. The molecule has 1 aliphatic rings. The lowest BCUT2D eigenvalue weighted by molar-refractivity contribution is -0.131. The SMILES string of the molecule is CNC1CCC(N(C)C(=O)Cc2ccsc2)CC1. The van der Waals surface area contributed by atoms with E-state index in [4.69, 9.17) is 0 Å². The summed E-state index contributed by atoms with van der Waals surface area (Å²) in [6, 6.07) is 3.11. The lowest BCUT2D eigenvalue weighted by atomic mass is 9.90. The zero-order valence-corrected chi connectivity index (χ0v) is 12.0. The normalized spacial score (nSPS) is 23.9. The molecule has 1 aromatic rings. The van der Waals surface area contributed by atoms with Gasteiger partial charge >= 0.3 is 0 Å². The van der Waals surface area contributed by atoms with Crippen molar-refractivity contribution in [2.75, 3.05) is 14.1 Å². The highest BCUT2D eigenvalue weighted by atomic mass is 32.1. The second-order valence-corrected chi connectivity index (χ2v) is 5.89. The molecule has 0 aromatic carbocycles. The smallest absolute Gasteiger partial charge is 0.227 e. The number of nitrogens with zero attached hydrogens (tertiary/aromatic N) is 1. The third-order valence-electron chi connectivity index (χ3n) is 3.98. The van der Waals surface area contributed by atoms with Crippen molar-refractivity contribution in [3.05, 3.63) is 22.4 Å². The first-order valence-corrected chi connectivity index (χ1v) is 7.59. The number of rotatable bonds is 4. The molecule has 2 rings (SSSR count). The zero-order valence-electron chi connectivity index (χ0n) is 11.2. The summed E-state index contributed by atoms with van der Waals surface area (Å²) in [5, 5.41) is 7.41. The molecule has 1 saturated carbocycles. The van der Waals surface area contributed by atoms with Crippen LogP contribution in [0, 0.1) is 0 Å². The van der Waals surface area contributed by atoms with Gasteiger partial charge in [-0.2, -0.15) is 11.3 Å². The van der Waals surface area contributed by atoms with E-state index < -0.39 is 0 Å². The van der Waals surface area contributed by atoms with Crippen LogP contribution in [0.5, 0.6) is 0 Å². The first-order valence-electron chi connectivity index (χ1n) is 6.64. The maximum atomic E-state index is 12.2. The number of nitrogens with one attached hydrogen (secondary N) is 1. The van der Waals surface area contributed by atoms with Crippen LogP contribution in [0.4, 0.5) is 0 Å². The van der Waals surface area contributed by atoms with Crippen molar-refractivity contribution in [3.8, 4) is 0 Å². The minimum atomic E-state index is 0.251. The fourth-order valence-corrected chi connectivity index (χ4v) is 3.32. The predicted molar refractivity (Wildman–Crippen MR) is 75.9 cm³/mol. The molecule has 1 N–H and O–H groups in total. The Hall–Kier alpha value is -0.870. The van der Waals surface area contributed by atoms with Crippen LogP contribution in [0.25, 0.3) is 0 Å². The van der Waals surface area contributed by atoms with E-state index in [1.54, 1.807) is 11.3 Å². The lowest BCUT2D eigenvalue weighted by Gasteiger charge is -2.34. The minimum Gasteiger partial charge on any atom is -0.342 e. The van der Waals surface area contributed by atoms with Gasteiger partial charge in [-0.1, -0.05) is 0 Å². The van der Waals surface area contributed by atoms with Crippen LogP contribution in [0.2, 0.25) is 0 Å². The van der Waals surface area contributed by atoms with E-state index in [2.05, 4.69) is 10.7 Å². The number of thiophene rings is 1. The molecule has 100 valence electrons. The molecule has 1 heterocycles. The molecule has 18 heavy (non-hydrogen) atoms. The molecule has 0 bridgehead atoms. The average molecular weight is 266 g/mol. The highest BCUT2D eigenvalue weighted by molar-refractivity contribution is 7.07. The molecule has 0 radical (unpaired) electrons. The van der Waals surface area contributed by atoms with Gasteiger partial charge in [0.15, 0.2) is 0 Å². The summed E-state index contributed by atoms with van der Waals surface area (Å²) in [5.74, 6) is 0.251. The summed E-state index contributed by atoms with van der Waals surface area (Å²) in [7, 11) is 3.98. The maximum absolute atomic E-state index is 12.2. The Kier molecular flexibility index (Phi) is 4.78. The third-order valence-corrected chi connectivity index (χ3v) is 4.71. The second-order valence-electron chi connectivity index (χ2n) is 5.11. The average Bonchev–Trinajstić information content (AvgIpc) is 2.91. The monoisotopic (exact) mass is 266 g/mol. The molecule has 0 spiro atoms. The largest absolute Gasteiger partial charge is 0.342 e. The molecule has 0 atom stereocenters. The highest BCUT2D eigenvalue weighted by Gasteiger charge is 2.25. The maximum Gasteiger partial charge on any atom is 0.227 e. The first kappa shape index (κ1) is 13.6. The summed E-state index contributed by atoms with van der Waals surface area (Å²) in [4.78, 5) is 14.1. The fourth-order valence-electron chi connectivity index (χ4n) is 2.65. The number of carbonyl (C=O) groups is 1. The highest BCUT2D eigenvalue weighted by Crippen LogP contribution is 2.22. The van der Waals surface area contributed by atoms with Crippen LogP contribution in [0.3, 0.4) is 0 Å². The number of hydrogen-bond donors (Lipinski definition) is 1. The van der Waals surface area contributed by atoms with Crippen molar-refractivity contribution >= 4 is 17.2 Å². The molecule has 1 aliphatic carbocycles. The van der Waals surface area contributed by atoms with E-state index in [1.807, 2.05) is 30.4 Å². The van der Waals surface area contributed by atoms with Gasteiger partial charge in [0.25, 0.3) is 0 Å². The first-order chi connectivity index (χ1) is 8.70. The van der Waals surface area contributed by atoms with Crippen LogP contribution in [-0.2, 0) is 11.2 Å². The van der Waals surface area contributed by atoms with E-state index in [-0.39, 0.29) is 5.91 Å². The number of likely N-dealkylation sites (N-methyl/N-ethyl adjacent to an activating group) is 1. The predicted octanol–water partition coefficient (Wildman–Crippen LogP) is 2.28. The van der Waals surface area contributed by atoms with Crippen LogP contribution in [0.1, 0.15) is 31.2 Å². The summed E-state index contributed by atoms with van der Waals surface area (Å²) in [5.41, 5.74) is 1.14. The van der Waals surface area contributed by atoms with Crippen molar-refractivity contribution in [1.29, 1.82) is 0 Å². The molecular formula is C14H22N2OS. The van der Waals surface area contributed by atoms with Gasteiger partial charge in [0.1, 0.15) is 0 Å². The van der Waals surface area contributed by atoms with Gasteiger partial charge in [-0.25, -0.2) is 0 Å². The van der Waals surface area contributed by atoms with Gasteiger partial charge < -0.3 is 10.2 Å². The topological polar surface area (TPSA) is 32.3 Å². The van der Waals surface area contributed by atoms with Crippen molar-refractivity contribution in [2.45, 2.75) is 44.2 Å². The van der Waals surface area contributed by atoms with Crippen LogP contribution in [-0.4, -0.2) is 37.0 Å². The number of hydrogen-bond acceptors (Lipinski definition) is 3. The third kappa shape index (κ3) is 3.33. The van der Waals surface area contributed by atoms with E-state index in [9.17, 15) is 4.79 Å². The van der Waals surface area contributed by atoms with Crippen LogP contribution in [0.15, 0.2) is 16.8 Å². The Balaban J connectivity index is 1.83. The Labute approximate surface area is 113 Å². The van der Waals surface area contributed by atoms with Gasteiger partial charge in [0, 0.05) is 19.1 Å². The summed E-state index contributed by atoms with van der Waals surface area (Å²) < 4.78 is 0. The van der Waals surface area contributed by atoms with Crippen molar-refractivity contribution in [2.24, 2.45) is 0 Å². The van der Waals surface area contributed by atoms with Gasteiger partial charge in [-0.15, -0.1) is 0 Å². The molecule has 4 heteroatoms. The molecule has 1 fully saturated rings. The van der Waals surface area contributed by atoms with E-state index >= 15 is 0 Å². The number of amides is 1. The second kappa shape index (κ2) is 6.34. The quantitative estimate of drug-likeness (QED) is 0.907. The summed E-state index contributed by atoms with van der Waals surface area (Å²) >= 11 is 1.65. The fraction of sp³-hybridized carbons (Fsp3) is 0.643. The molecule has 1 amide bonds. The minimum absolute atomic E-state index is 0.251. The van der Waals surface area contributed by atoms with Crippen LogP contribution >= 0.6 is 11.3 Å². The van der Waals surface area contributed by atoms with Crippen molar-refractivity contribution in [3.63, 3.8) is 0 Å². The van der Waals surface area contributed by atoms with Crippen molar-refractivity contribution < 1.29 is 4.79 Å². The van der Waals surface area contributed by atoms with Gasteiger partial charge in [0.2, 0.25) is 5.91 Å². The molecule has 3 nitrogen and oxygen atoms in total. The van der Waals surface area contributed by atoms with Gasteiger partial charge in [-0.05, 0) is 55.1 Å². The molecule has 0 aliphatic heterocycles. The van der Waals surface area contributed by atoms with Crippen molar-refractivity contribution in [1.82, 2.24) is 10.2 Å².